The molecule has 4 nitrogen and oxygen atoms in total. The predicted octanol–water partition coefficient (Wildman–Crippen LogP) is 6.13. The maximum atomic E-state index is 10.6. The molecule has 0 aliphatic rings. The van der Waals surface area contributed by atoms with Gasteiger partial charge in [-0.1, -0.05) is 36.4 Å². The molecule has 0 heterocycles. The molecule has 2 aromatic rings. The van der Waals surface area contributed by atoms with Crippen molar-refractivity contribution in [2.24, 2.45) is 9.98 Å². The van der Waals surface area contributed by atoms with Crippen LogP contribution >= 0.6 is 0 Å². The van der Waals surface area contributed by atoms with Crippen molar-refractivity contribution in [2.75, 3.05) is 14.2 Å². The van der Waals surface area contributed by atoms with Crippen molar-refractivity contribution >= 4 is 17.4 Å². The third-order valence-electron chi connectivity index (χ3n) is 2.33. The lowest BCUT2D eigenvalue weighted by atomic mass is 10.3. The van der Waals surface area contributed by atoms with Crippen molar-refractivity contribution < 1.29 is 35.8 Å². The predicted molar refractivity (Wildman–Crippen MR) is 88.2 cm³/mol. The Bertz CT molecular complexity index is 625. The molecule has 0 aliphatic carbocycles. The zero-order valence-corrected chi connectivity index (χ0v) is 14.3. The highest BCUT2D eigenvalue weighted by molar-refractivity contribution is 5.57. The van der Waals surface area contributed by atoms with Crippen LogP contribution in [0.2, 0.25) is 0 Å². The summed E-state index contributed by atoms with van der Waals surface area (Å²) in [5, 5.41) is 0. The van der Waals surface area contributed by atoms with Gasteiger partial charge in [0.05, 0.1) is 11.4 Å². The lowest BCUT2D eigenvalue weighted by Gasteiger charge is -1.97. The second kappa shape index (κ2) is 12.6. The lowest BCUT2D eigenvalue weighted by molar-refractivity contribution is -0.312. The molecular formula is C17H16F6N2O2. The van der Waals surface area contributed by atoms with Crippen LogP contribution < -0.4 is 0 Å². The summed E-state index contributed by atoms with van der Waals surface area (Å²) in [6, 6.07) is 21.9. The van der Waals surface area contributed by atoms with Gasteiger partial charge in [0.2, 0.25) is 0 Å². The Labute approximate surface area is 151 Å². The highest BCUT2D eigenvalue weighted by atomic mass is 19.4. The number of para-hydroxylation sites is 2. The van der Waals surface area contributed by atoms with Crippen LogP contribution in [0.3, 0.4) is 0 Å². The molecule has 0 unspecified atom stereocenters. The van der Waals surface area contributed by atoms with Crippen LogP contribution in [0.1, 0.15) is 0 Å². The average Bonchev–Trinajstić information content (AvgIpc) is 2.63. The second-order valence-electron chi connectivity index (χ2n) is 4.29. The fourth-order valence-corrected chi connectivity index (χ4v) is 1.15. The molecule has 0 bridgehead atoms. The number of rotatable bonds is 2. The maximum absolute atomic E-state index is 10.6. The summed E-state index contributed by atoms with van der Waals surface area (Å²) in [6.45, 7) is 0. The SMILES string of the molecule is C(=Nc1ccccc1)=Nc1ccccc1.COC(F)(F)F.COC(F)(F)F. The summed E-state index contributed by atoms with van der Waals surface area (Å²) in [4.78, 5) is 8.17. The van der Waals surface area contributed by atoms with Gasteiger partial charge in [-0.3, -0.25) is 9.47 Å². The Balaban J connectivity index is 0.000000470. The normalized spacial score (nSPS) is 10.4. The molecule has 148 valence electrons. The third kappa shape index (κ3) is 16.5. The number of benzene rings is 2. The van der Waals surface area contributed by atoms with Gasteiger partial charge in [-0.05, 0) is 24.3 Å². The van der Waals surface area contributed by atoms with E-state index in [9.17, 15) is 26.3 Å². The van der Waals surface area contributed by atoms with Crippen molar-refractivity contribution in [3.05, 3.63) is 60.7 Å². The minimum Gasteiger partial charge on any atom is -0.295 e. The van der Waals surface area contributed by atoms with Crippen LogP contribution in [-0.4, -0.2) is 33.0 Å². The lowest BCUT2D eigenvalue weighted by Crippen LogP contribution is -2.08. The van der Waals surface area contributed by atoms with Gasteiger partial charge >= 0.3 is 12.7 Å². The molecule has 0 aliphatic heterocycles. The minimum atomic E-state index is -4.46. The number of alkyl halides is 6. The van der Waals surface area contributed by atoms with E-state index in [-0.39, 0.29) is 0 Å². The van der Waals surface area contributed by atoms with Gasteiger partial charge in [0.25, 0.3) is 0 Å². The van der Waals surface area contributed by atoms with Gasteiger partial charge in [0, 0.05) is 14.2 Å². The molecule has 0 amide bonds. The van der Waals surface area contributed by atoms with E-state index < -0.39 is 12.7 Å². The van der Waals surface area contributed by atoms with Gasteiger partial charge in [-0.25, -0.2) is 0 Å². The molecule has 0 radical (unpaired) electrons. The van der Waals surface area contributed by atoms with E-state index in [1.165, 1.54) is 0 Å². The number of hydrogen-bond donors (Lipinski definition) is 0. The molecule has 0 N–H and O–H groups in total. The third-order valence-corrected chi connectivity index (χ3v) is 2.33. The van der Waals surface area contributed by atoms with Crippen molar-refractivity contribution in [2.45, 2.75) is 12.7 Å². The number of ether oxygens (including phenoxy) is 2. The number of methoxy groups -OCH3 is 2. The molecular weight excluding hydrogens is 378 g/mol. The van der Waals surface area contributed by atoms with Crippen molar-refractivity contribution in [3.63, 3.8) is 0 Å². The van der Waals surface area contributed by atoms with Crippen LogP contribution in [0.5, 0.6) is 0 Å². The molecule has 10 heteroatoms. The van der Waals surface area contributed by atoms with Crippen molar-refractivity contribution in [3.8, 4) is 0 Å². The fourth-order valence-electron chi connectivity index (χ4n) is 1.15. The van der Waals surface area contributed by atoms with E-state index in [0.717, 1.165) is 11.4 Å². The molecule has 0 spiro atoms. The Morgan fingerprint density at radius 3 is 1.11 bits per heavy atom. The van der Waals surface area contributed by atoms with Gasteiger partial charge in [0.1, 0.15) is 6.01 Å². The highest BCUT2D eigenvalue weighted by Gasteiger charge is 2.26. The first-order valence-corrected chi connectivity index (χ1v) is 7.07. The maximum Gasteiger partial charge on any atom is 0.522 e. The van der Waals surface area contributed by atoms with Crippen LogP contribution in [0.15, 0.2) is 70.6 Å². The average molecular weight is 394 g/mol. The first kappa shape index (κ1) is 24.3. The largest absolute Gasteiger partial charge is 0.522 e. The molecule has 0 atom stereocenters. The van der Waals surface area contributed by atoms with Crippen LogP contribution in [0.25, 0.3) is 0 Å². The zero-order valence-electron chi connectivity index (χ0n) is 14.3. The quantitative estimate of drug-likeness (QED) is 0.454. The molecule has 27 heavy (non-hydrogen) atoms. The van der Waals surface area contributed by atoms with Gasteiger partial charge in [0.15, 0.2) is 0 Å². The van der Waals surface area contributed by atoms with E-state index in [2.05, 4.69) is 25.5 Å². The van der Waals surface area contributed by atoms with Gasteiger partial charge in [-0.15, -0.1) is 26.3 Å². The first-order chi connectivity index (χ1) is 12.6. The van der Waals surface area contributed by atoms with E-state index in [1.54, 1.807) is 0 Å². The summed E-state index contributed by atoms with van der Waals surface area (Å²) < 4.78 is 69.2. The fraction of sp³-hybridized carbons (Fsp3) is 0.235. The summed E-state index contributed by atoms with van der Waals surface area (Å²) >= 11 is 0. The number of nitrogens with zero attached hydrogens (tertiary/aromatic N) is 2. The number of halogens is 6. The molecule has 2 aromatic carbocycles. The first-order valence-electron chi connectivity index (χ1n) is 7.07. The summed E-state index contributed by atoms with van der Waals surface area (Å²) in [5.41, 5.74) is 1.72. The second-order valence-corrected chi connectivity index (χ2v) is 4.29. The molecule has 0 saturated carbocycles. The van der Waals surface area contributed by atoms with E-state index in [0.29, 0.717) is 14.2 Å². The Hall–Kier alpha value is -2.68. The molecule has 0 saturated heterocycles. The highest BCUT2D eigenvalue weighted by Crippen LogP contribution is 2.14. The smallest absolute Gasteiger partial charge is 0.295 e. The van der Waals surface area contributed by atoms with Crippen LogP contribution in [-0.2, 0) is 9.47 Å². The summed E-state index contributed by atoms with van der Waals surface area (Å²) in [5.74, 6) is 0. The molecule has 2 rings (SSSR count). The molecule has 0 aromatic heterocycles. The number of hydrogen-bond acceptors (Lipinski definition) is 4. The van der Waals surface area contributed by atoms with Crippen molar-refractivity contribution in [1.29, 1.82) is 0 Å². The minimum absolute atomic E-state index is 0.583. The van der Waals surface area contributed by atoms with Crippen molar-refractivity contribution in [1.82, 2.24) is 0 Å². The summed E-state index contributed by atoms with van der Waals surface area (Å²) in [6.07, 6.45) is -8.92. The topological polar surface area (TPSA) is 43.2 Å². The standard InChI is InChI=1S/C13H10N2.2C2H3F3O/c1-3-7-12(8-4-1)14-11-15-13-9-5-2-6-10-13;2*1-6-2(3,4)5/h1-10H;2*1H3. The Morgan fingerprint density at radius 2 is 0.889 bits per heavy atom. The van der Waals surface area contributed by atoms with Crippen LogP contribution in [0.4, 0.5) is 37.7 Å². The van der Waals surface area contributed by atoms with E-state index >= 15 is 0 Å². The molecule has 0 fully saturated rings. The van der Waals surface area contributed by atoms with E-state index in [1.807, 2.05) is 60.7 Å². The Morgan fingerprint density at radius 1 is 0.630 bits per heavy atom. The van der Waals surface area contributed by atoms with E-state index in [4.69, 9.17) is 0 Å². The van der Waals surface area contributed by atoms with Crippen LogP contribution in [0, 0.1) is 0 Å². The monoisotopic (exact) mass is 394 g/mol. The van der Waals surface area contributed by atoms with Gasteiger partial charge < -0.3 is 0 Å². The summed E-state index contributed by atoms with van der Waals surface area (Å²) in [7, 11) is 1.17. The number of aliphatic imine (C=N–C) groups is 2. The Kier molecular flexibility index (Phi) is 11.4. The zero-order chi connectivity index (χ0) is 20.8. The van der Waals surface area contributed by atoms with Gasteiger partial charge in [-0.2, -0.15) is 9.98 Å².